The third kappa shape index (κ3) is 3.07. The van der Waals surface area contributed by atoms with Crippen molar-refractivity contribution in [1.29, 1.82) is 5.26 Å². The van der Waals surface area contributed by atoms with Gasteiger partial charge in [0.2, 0.25) is 0 Å². The Bertz CT molecular complexity index is 532. The van der Waals surface area contributed by atoms with Crippen LogP contribution in [-0.4, -0.2) is 18.7 Å². The number of esters is 1. The lowest BCUT2D eigenvalue weighted by Gasteiger charge is -2.41. The standard InChI is InChI=1S/C14H14BrNO3/c1-18-13(17)8-14(5-2-6-14)19-12-4-3-11(15)7-10(12)9-16/h3-4,7H,2,5-6,8H2,1H3. The van der Waals surface area contributed by atoms with Gasteiger partial charge in [0, 0.05) is 4.47 Å². The number of rotatable bonds is 4. The Balaban J connectivity index is 2.19. The molecular weight excluding hydrogens is 310 g/mol. The van der Waals surface area contributed by atoms with Crippen LogP contribution in [0, 0.1) is 11.3 Å². The van der Waals surface area contributed by atoms with Crippen LogP contribution in [0.5, 0.6) is 5.75 Å². The number of benzene rings is 1. The number of carbonyl (C=O) groups excluding carboxylic acids is 1. The zero-order valence-corrected chi connectivity index (χ0v) is 12.2. The zero-order chi connectivity index (χ0) is 13.9. The van der Waals surface area contributed by atoms with Crippen molar-refractivity contribution in [2.24, 2.45) is 0 Å². The Morgan fingerprint density at radius 1 is 1.53 bits per heavy atom. The summed E-state index contributed by atoms with van der Waals surface area (Å²) in [6, 6.07) is 7.38. The molecule has 2 rings (SSSR count). The van der Waals surface area contributed by atoms with Gasteiger partial charge < -0.3 is 9.47 Å². The molecule has 1 fully saturated rings. The van der Waals surface area contributed by atoms with Crippen LogP contribution in [0.15, 0.2) is 22.7 Å². The van der Waals surface area contributed by atoms with Crippen LogP contribution in [0.1, 0.15) is 31.2 Å². The van der Waals surface area contributed by atoms with Crippen molar-refractivity contribution < 1.29 is 14.3 Å². The molecule has 0 spiro atoms. The van der Waals surface area contributed by atoms with Crippen molar-refractivity contribution in [2.45, 2.75) is 31.3 Å². The average Bonchev–Trinajstić information content (AvgIpc) is 2.37. The first-order valence-corrected chi connectivity index (χ1v) is 6.83. The molecule has 4 nitrogen and oxygen atoms in total. The van der Waals surface area contributed by atoms with E-state index in [2.05, 4.69) is 22.0 Å². The minimum atomic E-state index is -0.507. The lowest BCUT2D eigenvalue weighted by atomic mass is 9.77. The van der Waals surface area contributed by atoms with Crippen LogP contribution >= 0.6 is 15.9 Å². The second-order valence-electron chi connectivity index (χ2n) is 4.64. The third-order valence-corrected chi connectivity index (χ3v) is 3.84. The van der Waals surface area contributed by atoms with Crippen LogP contribution in [0.25, 0.3) is 0 Å². The molecule has 0 aliphatic heterocycles. The van der Waals surface area contributed by atoms with E-state index in [0.717, 1.165) is 23.7 Å². The molecule has 1 aromatic rings. The summed E-state index contributed by atoms with van der Waals surface area (Å²) in [4.78, 5) is 11.4. The van der Waals surface area contributed by atoms with E-state index in [1.807, 2.05) is 6.07 Å². The first kappa shape index (κ1) is 13.9. The van der Waals surface area contributed by atoms with E-state index in [1.54, 1.807) is 12.1 Å². The van der Waals surface area contributed by atoms with E-state index < -0.39 is 5.60 Å². The van der Waals surface area contributed by atoms with Gasteiger partial charge in [-0.15, -0.1) is 0 Å². The van der Waals surface area contributed by atoms with Gasteiger partial charge in [0.25, 0.3) is 0 Å². The van der Waals surface area contributed by atoms with Gasteiger partial charge in [-0.05, 0) is 37.5 Å². The lowest BCUT2D eigenvalue weighted by Crippen LogP contribution is -2.45. The number of hydrogen-bond donors (Lipinski definition) is 0. The van der Waals surface area contributed by atoms with Crippen LogP contribution in [0.3, 0.4) is 0 Å². The summed E-state index contributed by atoms with van der Waals surface area (Å²) in [5.74, 6) is 0.240. The molecule has 0 heterocycles. The molecule has 100 valence electrons. The number of halogens is 1. The topological polar surface area (TPSA) is 59.3 Å². The van der Waals surface area contributed by atoms with Crippen LogP contribution < -0.4 is 4.74 Å². The highest BCUT2D eigenvalue weighted by Crippen LogP contribution is 2.40. The summed E-state index contributed by atoms with van der Waals surface area (Å²) < 4.78 is 11.5. The van der Waals surface area contributed by atoms with Crippen molar-refractivity contribution in [3.63, 3.8) is 0 Å². The fourth-order valence-corrected chi connectivity index (χ4v) is 2.49. The molecule has 0 saturated heterocycles. The molecule has 0 bridgehead atoms. The van der Waals surface area contributed by atoms with E-state index >= 15 is 0 Å². The van der Waals surface area contributed by atoms with Gasteiger partial charge in [-0.25, -0.2) is 0 Å². The molecule has 0 aromatic heterocycles. The third-order valence-electron chi connectivity index (χ3n) is 3.35. The van der Waals surface area contributed by atoms with Gasteiger partial charge in [0.15, 0.2) is 0 Å². The first-order chi connectivity index (χ1) is 9.08. The minimum absolute atomic E-state index is 0.227. The number of nitrogens with zero attached hydrogens (tertiary/aromatic N) is 1. The number of methoxy groups -OCH3 is 1. The van der Waals surface area contributed by atoms with Crippen molar-refractivity contribution in [3.05, 3.63) is 28.2 Å². The quantitative estimate of drug-likeness (QED) is 0.798. The second-order valence-corrected chi connectivity index (χ2v) is 5.56. The Labute approximate surface area is 120 Å². The average molecular weight is 324 g/mol. The lowest BCUT2D eigenvalue weighted by molar-refractivity contribution is -0.148. The van der Waals surface area contributed by atoms with E-state index in [4.69, 9.17) is 14.7 Å². The zero-order valence-electron chi connectivity index (χ0n) is 10.6. The molecule has 0 amide bonds. The van der Waals surface area contributed by atoms with Gasteiger partial charge in [-0.2, -0.15) is 5.26 Å². The van der Waals surface area contributed by atoms with Crippen LogP contribution in [0.2, 0.25) is 0 Å². The van der Waals surface area contributed by atoms with Gasteiger partial charge in [0.1, 0.15) is 17.4 Å². The Morgan fingerprint density at radius 2 is 2.26 bits per heavy atom. The molecular formula is C14H14BrNO3. The number of nitriles is 1. The highest BCUT2D eigenvalue weighted by molar-refractivity contribution is 9.10. The monoisotopic (exact) mass is 323 g/mol. The molecule has 1 aliphatic carbocycles. The second kappa shape index (κ2) is 5.62. The molecule has 19 heavy (non-hydrogen) atoms. The van der Waals surface area contributed by atoms with Crippen LogP contribution in [-0.2, 0) is 9.53 Å². The van der Waals surface area contributed by atoms with E-state index in [-0.39, 0.29) is 12.4 Å². The number of carbonyl (C=O) groups is 1. The predicted molar refractivity (Wildman–Crippen MR) is 72.7 cm³/mol. The SMILES string of the molecule is COC(=O)CC1(Oc2ccc(Br)cc2C#N)CCC1. The predicted octanol–water partition coefficient (Wildman–Crippen LogP) is 3.19. The normalized spacial score (nSPS) is 16.1. The molecule has 5 heteroatoms. The van der Waals surface area contributed by atoms with Crippen molar-refractivity contribution >= 4 is 21.9 Å². The fraction of sp³-hybridized carbons (Fsp3) is 0.429. The summed E-state index contributed by atoms with van der Waals surface area (Å²) in [6.07, 6.45) is 2.87. The first-order valence-electron chi connectivity index (χ1n) is 6.04. The maximum Gasteiger partial charge on any atom is 0.309 e. The number of ether oxygens (including phenoxy) is 2. The van der Waals surface area contributed by atoms with Gasteiger partial charge in [-0.1, -0.05) is 15.9 Å². The van der Waals surface area contributed by atoms with E-state index in [1.165, 1.54) is 7.11 Å². The highest BCUT2D eigenvalue weighted by Gasteiger charge is 2.42. The summed E-state index contributed by atoms with van der Waals surface area (Å²) in [7, 11) is 1.37. The Hall–Kier alpha value is -1.54. The molecule has 1 aliphatic rings. The van der Waals surface area contributed by atoms with E-state index in [0.29, 0.717) is 11.3 Å². The fourth-order valence-electron chi connectivity index (χ4n) is 2.13. The van der Waals surface area contributed by atoms with Gasteiger partial charge >= 0.3 is 5.97 Å². The highest BCUT2D eigenvalue weighted by atomic mass is 79.9. The maximum absolute atomic E-state index is 11.4. The molecule has 1 aromatic carbocycles. The van der Waals surface area contributed by atoms with Crippen molar-refractivity contribution in [1.82, 2.24) is 0 Å². The summed E-state index contributed by atoms with van der Waals surface area (Å²) in [6.45, 7) is 0. The van der Waals surface area contributed by atoms with Crippen molar-refractivity contribution in [3.8, 4) is 11.8 Å². The molecule has 0 unspecified atom stereocenters. The maximum atomic E-state index is 11.4. The molecule has 0 N–H and O–H groups in total. The summed E-state index contributed by atoms with van der Waals surface area (Å²) >= 11 is 3.32. The smallest absolute Gasteiger partial charge is 0.309 e. The minimum Gasteiger partial charge on any atom is -0.485 e. The number of hydrogen-bond acceptors (Lipinski definition) is 4. The van der Waals surface area contributed by atoms with Gasteiger partial charge in [-0.3, -0.25) is 4.79 Å². The van der Waals surface area contributed by atoms with Gasteiger partial charge in [0.05, 0.1) is 19.1 Å². The van der Waals surface area contributed by atoms with Crippen LogP contribution in [0.4, 0.5) is 0 Å². The van der Waals surface area contributed by atoms with Crippen molar-refractivity contribution in [2.75, 3.05) is 7.11 Å². The Kier molecular flexibility index (Phi) is 4.11. The summed E-state index contributed by atoms with van der Waals surface area (Å²) in [5, 5.41) is 9.12. The molecule has 0 radical (unpaired) electrons. The van der Waals surface area contributed by atoms with E-state index in [9.17, 15) is 4.79 Å². The molecule has 0 atom stereocenters. The summed E-state index contributed by atoms with van der Waals surface area (Å²) in [5.41, 5.74) is -0.0440. The Morgan fingerprint density at radius 3 is 2.79 bits per heavy atom. The largest absolute Gasteiger partial charge is 0.485 e. The molecule has 1 saturated carbocycles.